The normalized spacial score (nSPS) is 18.6. The minimum atomic E-state index is 0.432. The van der Waals surface area contributed by atoms with E-state index in [0.717, 1.165) is 40.7 Å². The van der Waals surface area contributed by atoms with E-state index >= 15 is 0 Å². The van der Waals surface area contributed by atoms with E-state index in [0.29, 0.717) is 12.7 Å². The number of benzene rings is 1. The number of nitrogens with zero attached hydrogens (tertiary/aromatic N) is 1. The molecule has 3 rings (SSSR count). The molecule has 4 nitrogen and oxygen atoms in total. The lowest BCUT2D eigenvalue weighted by Gasteiger charge is -2.08. The molecule has 1 N–H and O–H groups in total. The zero-order chi connectivity index (χ0) is 13.8. The number of anilines is 1. The van der Waals surface area contributed by atoms with Gasteiger partial charge in [-0.1, -0.05) is 11.3 Å². The fourth-order valence-electron chi connectivity index (χ4n) is 2.45. The molecule has 0 bridgehead atoms. The van der Waals surface area contributed by atoms with Gasteiger partial charge in [0.1, 0.15) is 5.75 Å². The average Bonchev–Trinajstić information content (AvgIpc) is 3.07. The van der Waals surface area contributed by atoms with Crippen molar-refractivity contribution >= 4 is 26.7 Å². The molecule has 1 fully saturated rings. The molecule has 1 saturated heterocycles. The quantitative estimate of drug-likeness (QED) is 0.882. The number of fused-ring (bicyclic) bond motifs is 1. The first-order valence-electron chi connectivity index (χ1n) is 7.24. The summed E-state index contributed by atoms with van der Waals surface area (Å²) in [5.74, 6) is 0.912. The third-order valence-corrected chi connectivity index (χ3v) is 4.41. The van der Waals surface area contributed by atoms with Crippen molar-refractivity contribution in [1.29, 1.82) is 0 Å². The number of ether oxygens (including phenoxy) is 2. The Morgan fingerprint density at radius 3 is 3.25 bits per heavy atom. The maximum atomic E-state index is 5.62. The van der Waals surface area contributed by atoms with E-state index in [2.05, 4.69) is 16.4 Å². The monoisotopic (exact) mass is 292 g/mol. The van der Waals surface area contributed by atoms with Crippen molar-refractivity contribution < 1.29 is 9.47 Å². The van der Waals surface area contributed by atoms with Crippen molar-refractivity contribution in [3.05, 3.63) is 18.2 Å². The van der Waals surface area contributed by atoms with E-state index in [1.54, 1.807) is 11.3 Å². The number of hydrogen-bond donors (Lipinski definition) is 1. The highest BCUT2D eigenvalue weighted by molar-refractivity contribution is 7.22. The second-order valence-electron chi connectivity index (χ2n) is 4.93. The molecule has 108 valence electrons. The van der Waals surface area contributed by atoms with Gasteiger partial charge in [-0.3, -0.25) is 0 Å². The minimum absolute atomic E-state index is 0.432. The van der Waals surface area contributed by atoms with Gasteiger partial charge in [0, 0.05) is 13.2 Å². The van der Waals surface area contributed by atoms with E-state index in [1.165, 1.54) is 12.8 Å². The van der Waals surface area contributed by atoms with Crippen LogP contribution in [-0.2, 0) is 4.74 Å². The molecule has 2 aromatic rings. The van der Waals surface area contributed by atoms with Gasteiger partial charge in [-0.05, 0) is 44.4 Å². The molecule has 0 aliphatic carbocycles. The van der Waals surface area contributed by atoms with Crippen LogP contribution in [0.25, 0.3) is 10.2 Å². The van der Waals surface area contributed by atoms with Crippen LogP contribution in [0.5, 0.6) is 5.75 Å². The lowest BCUT2D eigenvalue weighted by Crippen LogP contribution is -2.12. The number of rotatable bonds is 6. The van der Waals surface area contributed by atoms with E-state index in [-0.39, 0.29) is 0 Å². The van der Waals surface area contributed by atoms with Gasteiger partial charge in [0.15, 0.2) is 5.13 Å². The molecule has 5 heteroatoms. The molecule has 1 unspecified atom stereocenters. The zero-order valence-corrected chi connectivity index (χ0v) is 12.5. The van der Waals surface area contributed by atoms with Gasteiger partial charge in [-0.15, -0.1) is 0 Å². The highest BCUT2D eigenvalue weighted by Crippen LogP contribution is 2.29. The van der Waals surface area contributed by atoms with Gasteiger partial charge in [0.2, 0.25) is 0 Å². The van der Waals surface area contributed by atoms with Crippen LogP contribution >= 0.6 is 11.3 Å². The Morgan fingerprint density at radius 1 is 1.50 bits per heavy atom. The van der Waals surface area contributed by atoms with Crippen molar-refractivity contribution in [2.24, 2.45) is 0 Å². The topological polar surface area (TPSA) is 43.4 Å². The molecule has 0 spiro atoms. The largest absolute Gasteiger partial charge is 0.494 e. The SMILES string of the molecule is CCOc1ccc2nc(NCCC3CCCO3)sc2c1. The molecule has 20 heavy (non-hydrogen) atoms. The molecular weight excluding hydrogens is 272 g/mol. The third-order valence-electron chi connectivity index (χ3n) is 3.44. The average molecular weight is 292 g/mol. The van der Waals surface area contributed by atoms with Crippen LogP contribution in [-0.4, -0.2) is 30.8 Å². The highest BCUT2D eigenvalue weighted by Gasteiger charge is 2.14. The molecule has 1 atom stereocenters. The molecule has 0 amide bonds. The smallest absolute Gasteiger partial charge is 0.183 e. The first-order valence-corrected chi connectivity index (χ1v) is 8.05. The molecule has 0 radical (unpaired) electrons. The summed E-state index contributed by atoms with van der Waals surface area (Å²) in [7, 11) is 0. The molecule has 1 aliphatic rings. The van der Waals surface area contributed by atoms with Crippen LogP contribution in [0.4, 0.5) is 5.13 Å². The lowest BCUT2D eigenvalue weighted by atomic mass is 10.2. The van der Waals surface area contributed by atoms with Gasteiger partial charge < -0.3 is 14.8 Å². The van der Waals surface area contributed by atoms with Crippen molar-refractivity contribution in [2.45, 2.75) is 32.3 Å². The Morgan fingerprint density at radius 2 is 2.45 bits per heavy atom. The summed E-state index contributed by atoms with van der Waals surface area (Å²) in [6, 6.07) is 6.05. The van der Waals surface area contributed by atoms with Crippen molar-refractivity contribution in [1.82, 2.24) is 4.98 Å². The number of hydrogen-bond acceptors (Lipinski definition) is 5. The Bertz CT molecular complexity index is 564. The van der Waals surface area contributed by atoms with Crippen molar-refractivity contribution in [3.63, 3.8) is 0 Å². The maximum Gasteiger partial charge on any atom is 0.183 e. The van der Waals surface area contributed by atoms with Gasteiger partial charge in [-0.25, -0.2) is 4.98 Å². The van der Waals surface area contributed by atoms with Crippen LogP contribution in [0, 0.1) is 0 Å². The molecule has 2 heterocycles. The van der Waals surface area contributed by atoms with Gasteiger partial charge in [-0.2, -0.15) is 0 Å². The number of aromatic nitrogens is 1. The first kappa shape index (κ1) is 13.6. The Balaban J connectivity index is 1.60. The zero-order valence-electron chi connectivity index (χ0n) is 11.7. The summed E-state index contributed by atoms with van der Waals surface area (Å²) in [6.45, 7) is 4.53. The molecule has 1 aromatic heterocycles. The lowest BCUT2D eigenvalue weighted by molar-refractivity contribution is 0.107. The first-order chi connectivity index (χ1) is 9.85. The third kappa shape index (κ3) is 3.22. The minimum Gasteiger partial charge on any atom is -0.494 e. The fourth-order valence-corrected chi connectivity index (χ4v) is 3.37. The highest BCUT2D eigenvalue weighted by atomic mass is 32.1. The van der Waals surface area contributed by atoms with E-state index in [9.17, 15) is 0 Å². The maximum absolute atomic E-state index is 5.62. The molecule has 0 saturated carbocycles. The van der Waals surface area contributed by atoms with Crippen LogP contribution in [0.15, 0.2) is 18.2 Å². The van der Waals surface area contributed by atoms with Crippen LogP contribution < -0.4 is 10.1 Å². The Kier molecular flexibility index (Phi) is 4.38. The summed E-state index contributed by atoms with van der Waals surface area (Å²) < 4.78 is 12.3. The molecular formula is C15H20N2O2S. The second-order valence-corrected chi connectivity index (χ2v) is 5.96. The van der Waals surface area contributed by atoms with Crippen molar-refractivity contribution in [3.8, 4) is 5.75 Å². The second kappa shape index (κ2) is 6.41. The van der Waals surface area contributed by atoms with Crippen molar-refractivity contribution in [2.75, 3.05) is 25.1 Å². The Labute approximate surface area is 123 Å². The fraction of sp³-hybridized carbons (Fsp3) is 0.533. The molecule has 1 aromatic carbocycles. The molecule has 1 aliphatic heterocycles. The standard InChI is InChI=1S/C15H20N2O2S/c1-2-18-12-5-6-13-14(10-12)20-15(17-13)16-8-7-11-4-3-9-19-11/h5-6,10-11H,2-4,7-9H2,1H3,(H,16,17). The summed E-state index contributed by atoms with van der Waals surface area (Å²) >= 11 is 1.68. The predicted octanol–water partition coefficient (Wildman–Crippen LogP) is 3.68. The number of thiazole rings is 1. The van der Waals surface area contributed by atoms with E-state index < -0.39 is 0 Å². The van der Waals surface area contributed by atoms with E-state index in [4.69, 9.17) is 9.47 Å². The predicted molar refractivity (Wildman–Crippen MR) is 82.9 cm³/mol. The van der Waals surface area contributed by atoms with Gasteiger partial charge in [0.25, 0.3) is 0 Å². The van der Waals surface area contributed by atoms with Gasteiger partial charge in [0.05, 0.1) is 22.9 Å². The van der Waals surface area contributed by atoms with E-state index in [1.807, 2.05) is 19.1 Å². The van der Waals surface area contributed by atoms with Gasteiger partial charge >= 0.3 is 0 Å². The summed E-state index contributed by atoms with van der Waals surface area (Å²) in [5, 5.41) is 4.38. The van der Waals surface area contributed by atoms with Crippen LogP contribution in [0.2, 0.25) is 0 Å². The number of nitrogens with one attached hydrogen (secondary N) is 1. The summed E-state index contributed by atoms with van der Waals surface area (Å²) in [4.78, 5) is 4.59. The van der Waals surface area contributed by atoms with Crippen LogP contribution in [0.1, 0.15) is 26.2 Å². The van der Waals surface area contributed by atoms with Crippen LogP contribution in [0.3, 0.4) is 0 Å². The Hall–Kier alpha value is -1.33. The summed E-state index contributed by atoms with van der Waals surface area (Å²) in [6.07, 6.45) is 3.88. The summed E-state index contributed by atoms with van der Waals surface area (Å²) in [5.41, 5.74) is 1.03.